The van der Waals surface area contributed by atoms with Crippen LogP contribution in [0.4, 0.5) is 0 Å². The summed E-state index contributed by atoms with van der Waals surface area (Å²) < 4.78 is 4.59. The lowest BCUT2D eigenvalue weighted by Crippen LogP contribution is -2.34. The third-order valence-corrected chi connectivity index (χ3v) is 2.95. The quantitative estimate of drug-likeness (QED) is 0.515. The van der Waals surface area contributed by atoms with Crippen LogP contribution in [0.1, 0.15) is 26.7 Å². The minimum Gasteiger partial charge on any atom is -0.469 e. The molecule has 0 saturated heterocycles. The molecule has 2 N–H and O–H groups in total. The van der Waals surface area contributed by atoms with Gasteiger partial charge < -0.3 is 15.4 Å². The minimum atomic E-state index is -0.154. The Bertz CT molecular complexity index is 234. The maximum atomic E-state index is 10.9. The zero-order valence-corrected chi connectivity index (χ0v) is 11.2. The van der Waals surface area contributed by atoms with Crippen LogP contribution in [-0.2, 0) is 9.53 Å². The normalized spacial score (nSPS) is 12.5. The maximum absolute atomic E-state index is 10.9. The largest absolute Gasteiger partial charge is 0.469 e. The van der Waals surface area contributed by atoms with Crippen LogP contribution in [0.15, 0.2) is 0 Å². The van der Waals surface area contributed by atoms with E-state index >= 15 is 0 Å². The molecule has 94 valence electrons. The Kier molecular flexibility index (Phi) is 8.11. The van der Waals surface area contributed by atoms with E-state index in [0.717, 1.165) is 26.1 Å². The van der Waals surface area contributed by atoms with Crippen molar-refractivity contribution in [3.05, 3.63) is 0 Å². The van der Waals surface area contributed by atoms with Gasteiger partial charge >= 0.3 is 5.97 Å². The first-order chi connectivity index (χ1) is 7.51. The van der Waals surface area contributed by atoms with Crippen molar-refractivity contribution in [3.63, 3.8) is 0 Å². The minimum absolute atomic E-state index is 0.154. The first kappa shape index (κ1) is 15.3. The molecule has 0 heterocycles. The zero-order chi connectivity index (χ0) is 12.6. The van der Waals surface area contributed by atoms with Crippen molar-refractivity contribution < 1.29 is 9.53 Å². The van der Waals surface area contributed by atoms with Gasteiger partial charge in [0.05, 0.1) is 12.1 Å². The third-order valence-electron chi connectivity index (χ3n) is 2.55. The van der Waals surface area contributed by atoms with E-state index in [0.29, 0.717) is 11.4 Å². The molecule has 1 unspecified atom stereocenters. The lowest BCUT2D eigenvalue weighted by atomic mass is 10.1. The third kappa shape index (κ3) is 6.74. The zero-order valence-electron chi connectivity index (χ0n) is 10.4. The summed E-state index contributed by atoms with van der Waals surface area (Å²) in [7, 11) is 1.41. The van der Waals surface area contributed by atoms with Gasteiger partial charge in [0.2, 0.25) is 0 Å². The van der Waals surface area contributed by atoms with E-state index < -0.39 is 0 Å². The number of hydrogen-bond acceptors (Lipinski definition) is 4. The van der Waals surface area contributed by atoms with E-state index in [-0.39, 0.29) is 11.9 Å². The molecule has 0 aliphatic heterocycles. The van der Waals surface area contributed by atoms with E-state index in [2.05, 4.69) is 16.6 Å². The molecule has 0 fully saturated rings. The second kappa shape index (κ2) is 8.47. The topological polar surface area (TPSA) is 55.6 Å². The van der Waals surface area contributed by atoms with Crippen molar-refractivity contribution in [1.29, 1.82) is 0 Å². The molecule has 0 bridgehead atoms. The number of carbonyl (C=O) groups is 1. The number of esters is 1. The Labute approximate surface area is 103 Å². The summed E-state index contributed by atoms with van der Waals surface area (Å²) in [5.41, 5.74) is 5.57. The Morgan fingerprint density at radius 3 is 2.62 bits per heavy atom. The Morgan fingerprint density at radius 1 is 1.56 bits per heavy atom. The highest BCUT2D eigenvalue weighted by Crippen LogP contribution is 2.03. The van der Waals surface area contributed by atoms with Gasteiger partial charge in [-0.2, -0.15) is 0 Å². The molecule has 0 aromatic rings. The van der Waals surface area contributed by atoms with Crippen LogP contribution in [0.3, 0.4) is 0 Å². The van der Waals surface area contributed by atoms with Gasteiger partial charge in [-0.25, -0.2) is 0 Å². The summed E-state index contributed by atoms with van der Waals surface area (Å²) in [6.45, 7) is 6.77. The monoisotopic (exact) mass is 246 g/mol. The van der Waals surface area contributed by atoms with Gasteiger partial charge in [-0.15, -0.1) is 0 Å². The van der Waals surface area contributed by atoms with Crippen LogP contribution in [-0.4, -0.2) is 42.6 Å². The highest BCUT2D eigenvalue weighted by atomic mass is 32.1. The van der Waals surface area contributed by atoms with E-state index in [9.17, 15) is 4.79 Å². The van der Waals surface area contributed by atoms with Crippen LogP contribution in [0.2, 0.25) is 0 Å². The highest BCUT2D eigenvalue weighted by Gasteiger charge is 2.11. The lowest BCUT2D eigenvalue weighted by Gasteiger charge is -2.23. The molecule has 16 heavy (non-hydrogen) atoms. The second-order valence-electron chi connectivity index (χ2n) is 3.88. The number of carbonyl (C=O) groups excluding carboxylic acids is 1. The summed E-state index contributed by atoms with van der Waals surface area (Å²) in [4.78, 5) is 13.7. The average molecular weight is 246 g/mol. The van der Waals surface area contributed by atoms with Gasteiger partial charge in [-0.05, 0) is 19.5 Å². The molecule has 5 heteroatoms. The van der Waals surface area contributed by atoms with Gasteiger partial charge in [0, 0.05) is 18.9 Å². The van der Waals surface area contributed by atoms with Crippen molar-refractivity contribution in [2.45, 2.75) is 26.7 Å². The van der Waals surface area contributed by atoms with Crippen LogP contribution >= 0.6 is 12.2 Å². The van der Waals surface area contributed by atoms with Crippen molar-refractivity contribution in [2.24, 2.45) is 11.7 Å². The fourth-order valence-corrected chi connectivity index (χ4v) is 1.48. The molecule has 0 aromatic carbocycles. The Morgan fingerprint density at radius 2 is 2.19 bits per heavy atom. The molecule has 0 aromatic heterocycles. The number of nitrogens with two attached hydrogens (primary N) is 1. The van der Waals surface area contributed by atoms with E-state index in [1.54, 1.807) is 0 Å². The average Bonchev–Trinajstić information content (AvgIpc) is 2.26. The van der Waals surface area contributed by atoms with Gasteiger partial charge in [0.25, 0.3) is 0 Å². The first-order valence-electron chi connectivity index (χ1n) is 5.59. The van der Waals surface area contributed by atoms with Crippen LogP contribution in [0.25, 0.3) is 0 Å². The van der Waals surface area contributed by atoms with E-state index in [4.69, 9.17) is 18.0 Å². The Balaban J connectivity index is 3.83. The highest BCUT2D eigenvalue weighted by molar-refractivity contribution is 7.80. The fourth-order valence-electron chi connectivity index (χ4n) is 1.40. The summed E-state index contributed by atoms with van der Waals surface area (Å²) >= 11 is 4.93. The molecule has 0 spiro atoms. The number of thiocarbonyl (C=S) groups is 1. The van der Waals surface area contributed by atoms with Crippen molar-refractivity contribution in [2.75, 3.05) is 26.7 Å². The van der Waals surface area contributed by atoms with Crippen molar-refractivity contribution >= 4 is 23.2 Å². The summed E-state index contributed by atoms with van der Waals surface area (Å²) in [6.07, 6.45) is 1.28. The van der Waals surface area contributed by atoms with Gasteiger partial charge in [0.1, 0.15) is 0 Å². The predicted octanol–water partition coefficient (Wildman–Crippen LogP) is 1.18. The molecule has 0 saturated carbocycles. The van der Waals surface area contributed by atoms with Gasteiger partial charge in [-0.1, -0.05) is 26.1 Å². The lowest BCUT2D eigenvalue weighted by molar-refractivity contribution is -0.140. The summed E-state index contributed by atoms with van der Waals surface area (Å²) in [6, 6.07) is 0. The molecule has 0 rings (SSSR count). The molecule has 4 nitrogen and oxygen atoms in total. The molecule has 0 aliphatic rings. The van der Waals surface area contributed by atoms with Gasteiger partial charge in [0.15, 0.2) is 0 Å². The predicted molar refractivity (Wildman–Crippen MR) is 69.3 cm³/mol. The number of hydrogen-bond donors (Lipinski definition) is 1. The second-order valence-corrected chi connectivity index (χ2v) is 4.35. The molecule has 0 amide bonds. The fraction of sp³-hybridized carbons (Fsp3) is 0.818. The molecule has 0 radical (unpaired) electrons. The first-order valence-corrected chi connectivity index (χ1v) is 6.00. The van der Waals surface area contributed by atoms with Crippen molar-refractivity contribution in [3.8, 4) is 0 Å². The standard InChI is InChI=1S/C11H22N2O2S/c1-4-13(8-9(2)11(12)16)7-5-6-10(14)15-3/h9H,4-8H2,1-3H3,(H2,12,16). The number of rotatable bonds is 8. The molecule has 1 atom stereocenters. The van der Waals surface area contributed by atoms with E-state index in [1.165, 1.54) is 7.11 Å². The number of nitrogens with zero attached hydrogens (tertiary/aromatic N) is 1. The molecule has 0 aliphatic carbocycles. The smallest absolute Gasteiger partial charge is 0.305 e. The van der Waals surface area contributed by atoms with E-state index in [1.807, 2.05) is 6.92 Å². The van der Waals surface area contributed by atoms with Crippen LogP contribution in [0.5, 0.6) is 0 Å². The summed E-state index contributed by atoms with van der Waals surface area (Å²) in [5, 5.41) is 0. The maximum Gasteiger partial charge on any atom is 0.305 e. The van der Waals surface area contributed by atoms with Crippen LogP contribution < -0.4 is 5.73 Å². The van der Waals surface area contributed by atoms with Gasteiger partial charge in [-0.3, -0.25) is 4.79 Å². The number of methoxy groups -OCH3 is 1. The number of ether oxygens (including phenoxy) is 1. The van der Waals surface area contributed by atoms with Crippen molar-refractivity contribution in [1.82, 2.24) is 4.90 Å². The molecular weight excluding hydrogens is 224 g/mol. The van der Waals surface area contributed by atoms with Crippen LogP contribution in [0, 0.1) is 5.92 Å². The Hall–Kier alpha value is -0.680. The summed E-state index contributed by atoms with van der Waals surface area (Å²) in [5.74, 6) is 0.0616. The SMILES string of the molecule is CCN(CCCC(=O)OC)CC(C)C(N)=S. The molecular formula is C11H22N2O2S.